The van der Waals surface area contributed by atoms with Crippen molar-refractivity contribution in [2.75, 3.05) is 25.0 Å². The predicted molar refractivity (Wildman–Crippen MR) is 126 cm³/mol. The van der Waals surface area contributed by atoms with Gasteiger partial charge in [-0.1, -0.05) is 18.2 Å². The second-order valence-electron chi connectivity index (χ2n) is 7.83. The molecule has 32 heavy (non-hydrogen) atoms. The maximum atomic E-state index is 12.7. The minimum atomic E-state index is -3.44. The van der Waals surface area contributed by atoms with Gasteiger partial charge < -0.3 is 4.74 Å². The van der Waals surface area contributed by atoms with Crippen LogP contribution < -0.4 is 10.1 Å². The van der Waals surface area contributed by atoms with Gasteiger partial charge in [-0.2, -0.15) is 4.31 Å². The first-order valence-electron chi connectivity index (χ1n) is 10.4. The van der Waals surface area contributed by atoms with Crippen LogP contribution in [0.2, 0.25) is 0 Å². The van der Waals surface area contributed by atoms with Crippen LogP contribution in [0.25, 0.3) is 11.3 Å². The van der Waals surface area contributed by atoms with E-state index in [1.54, 1.807) is 24.3 Å². The molecule has 0 aliphatic carbocycles. The molecule has 0 unspecified atom stereocenters. The maximum Gasteiger partial charge on any atom is 0.264 e. The third-order valence-corrected chi connectivity index (χ3v) is 7.84. The number of carbonyl (C=O) groups is 1. The molecule has 0 spiro atoms. The van der Waals surface area contributed by atoms with Crippen LogP contribution >= 0.6 is 11.3 Å². The number of nitrogens with zero attached hydrogens (tertiary/aromatic N) is 2. The Kier molecular flexibility index (Phi) is 6.59. The Balaban J connectivity index is 1.37. The predicted octanol–water partition coefficient (Wildman–Crippen LogP) is 4.23. The van der Waals surface area contributed by atoms with Crippen molar-refractivity contribution >= 4 is 32.4 Å². The Bertz CT molecular complexity index is 1190. The van der Waals surface area contributed by atoms with E-state index in [1.807, 2.05) is 37.4 Å². The zero-order chi connectivity index (χ0) is 22.7. The molecule has 168 valence electrons. The highest BCUT2D eigenvalue weighted by Crippen LogP contribution is 2.27. The Labute approximate surface area is 192 Å². The third kappa shape index (κ3) is 5.17. The largest absolute Gasteiger partial charge is 0.484 e. The summed E-state index contributed by atoms with van der Waals surface area (Å²) in [4.78, 5) is 17.0. The molecule has 1 N–H and O–H groups in total. The molecule has 1 saturated heterocycles. The van der Waals surface area contributed by atoms with Gasteiger partial charge in [0.25, 0.3) is 5.91 Å². The van der Waals surface area contributed by atoms with E-state index in [0.717, 1.165) is 29.5 Å². The highest BCUT2D eigenvalue weighted by molar-refractivity contribution is 7.89. The lowest BCUT2D eigenvalue weighted by atomic mass is 10.1. The summed E-state index contributed by atoms with van der Waals surface area (Å²) in [5.74, 6) is 0.360. The SMILES string of the molecule is Cc1cc(C)cc(OCC(=O)Nc2nc(-c3ccc(S(=O)(=O)N4CCCC4)cc3)cs2)c1. The van der Waals surface area contributed by atoms with Crippen LogP contribution in [0.1, 0.15) is 24.0 Å². The van der Waals surface area contributed by atoms with Crippen LogP contribution in [0.4, 0.5) is 5.13 Å². The summed E-state index contributed by atoms with van der Waals surface area (Å²) in [6, 6.07) is 12.5. The summed E-state index contributed by atoms with van der Waals surface area (Å²) in [7, 11) is -3.44. The number of hydrogen-bond donors (Lipinski definition) is 1. The number of benzene rings is 2. The van der Waals surface area contributed by atoms with Crippen LogP contribution in [0.15, 0.2) is 52.7 Å². The van der Waals surface area contributed by atoms with Gasteiger partial charge in [-0.3, -0.25) is 10.1 Å². The lowest BCUT2D eigenvalue weighted by Gasteiger charge is -2.15. The molecule has 2 heterocycles. The van der Waals surface area contributed by atoms with E-state index in [2.05, 4.69) is 10.3 Å². The number of hydrogen-bond acceptors (Lipinski definition) is 6. The lowest BCUT2D eigenvalue weighted by molar-refractivity contribution is -0.118. The molecular weight excluding hydrogens is 446 g/mol. The molecule has 7 nitrogen and oxygen atoms in total. The summed E-state index contributed by atoms with van der Waals surface area (Å²) >= 11 is 1.30. The molecule has 1 fully saturated rings. The number of aryl methyl sites for hydroxylation is 2. The van der Waals surface area contributed by atoms with Gasteiger partial charge in [0.05, 0.1) is 10.6 Å². The van der Waals surface area contributed by atoms with Gasteiger partial charge in [-0.15, -0.1) is 11.3 Å². The number of aromatic nitrogens is 1. The van der Waals surface area contributed by atoms with E-state index in [4.69, 9.17) is 4.74 Å². The summed E-state index contributed by atoms with van der Waals surface area (Å²) in [6.45, 7) is 5.00. The Hall–Kier alpha value is -2.75. The summed E-state index contributed by atoms with van der Waals surface area (Å²) in [5.41, 5.74) is 3.60. The molecule has 1 aromatic heterocycles. The number of nitrogens with one attached hydrogen (secondary N) is 1. The number of carbonyl (C=O) groups excluding carboxylic acids is 1. The van der Waals surface area contributed by atoms with Gasteiger partial charge >= 0.3 is 0 Å². The van der Waals surface area contributed by atoms with Crippen LogP contribution in [-0.4, -0.2) is 43.3 Å². The fraction of sp³-hybridized carbons (Fsp3) is 0.304. The van der Waals surface area contributed by atoms with E-state index < -0.39 is 10.0 Å². The Morgan fingerprint density at radius 3 is 2.41 bits per heavy atom. The molecule has 0 saturated carbocycles. The molecule has 0 radical (unpaired) electrons. The average Bonchev–Trinajstić information content (AvgIpc) is 3.45. The van der Waals surface area contributed by atoms with E-state index in [-0.39, 0.29) is 17.4 Å². The van der Waals surface area contributed by atoms with E-state index in [1.165, 1.54) is 15.6 Å². The highest BCUT2D eigenvalue weighted by Gasteiger charge is 2.27. The normalized spacial score (nSPS) is 14.4. The van der Waals surface area contributed by atoms with Crippen LogP contribution in [0, 0.1) is 13.8 Å². The molecule has 2 aromatic carbocycles. The first kappa shape index (κ1) is 22.4. The number of anilines is 1. The smallest absolute Gasteiger partial charge is 0.264 e. The molecule has 4 rings (SSSR count). The molecule has 9 heteroatoms. The second kappa shape index (κ2) is 9.40. The van der Waals surface area contributed by atoms with Crippen molar-refractivity contribution in [1.82, 2.24) is 9.29 Å². The number of amides is 1. The zero-order valence-electron chi connectivity index (χ0n) is 18.0. The van der Waals surface area contributed by atoms with Gasteiger partial charge in [-0.25, -0.2) is 13.4 Å². The van der Waals surface area contributed by atoms with Gasteiger partial charge in [-0.05, 0) is 62.1 Å². The highest BCUT2D eigenvalue weighted by atomic mass is 32.2. The van der Waals surface area contributed by atoms with Crippen molar-refractivity contribution in [2.24, 2.45) is 0 Å². The third-order valence-electron chi connectivity index (χ3n) is 5.17. The monoisotopic (exact) mass is 471 g/mol. The molecular formula is C23H25N3O4S2. The minimum absolute atomic E-state index is 0.110. The first-order chi connectivity index (χ1) is 15.3. The summed E-state index contributed by atoms with van der Waals surface area (Å²) in [6.07, 6.45) is 1.81. The molecule has 0 atom stereocenters. The van der Waals surface area contributed by atoms with Gasteiger partial charge in [0.2, 0.25) is 10.0 Å². The van der Waals surface area contributed by atoms with Crippen molar-refractivity contribution < 1.29 is 17.9 Å². The topological polar surface area (TPSA) is 88.6 Å². The van der Waals surface area contributed by atoms with Crippen molar-refractivity contribution in [3.8, 4) is 17.0 Å². The van der Waals surface area contributed by atoms with Crippen molar-refractivity contribution in [3.63, 3.8) is 0 Å². The number of thiazole rings is 1. The van der Waals surface area contributed by atoms with Gasteiger partial charge in [0.1, 0.15) is 5.75 Å². The van der Waals surface area contributed by atoms with Gasteiger partial charge in [0, 0.05) is 24.0 Å². The van der Waals surface area contributed by atoms with E-state index >= 15 is 0 Å². The fourth-order valence-corrected chi connectivity index (χ4v) is 5.91. The molecule has 3 aromatic rings. The lowest BCUT2D eigenvalue weighted by Crippen LogP contribution is -2.27. The van der Waals surface area contributed by atoms with Crippen molar-refractivity contribution in [3.05, 3.63) is 59.0 Å². The van der Waals surface area contributed by atoms with Crippen LogP contribution in [-0.2, 0) is 14.8 Å². The molecule has 1 amide bonds. The quantitative estimate of drug-likeness (QED) is 0.557. The van der Waals surface area contributed by atoms with E-state index in [0.29, 0.717) is 29.7 Å². The Morgan fingerprint density at radius 2 is 1.75 bits per heavy atom. The molecule has 0 bridgehead atoms. The molecule has 1 aliphatic heterocycles. The first-order valence-corrected chi connectivity index (χ1v) is 12.7. The van der Waals surface area contributed by atoms with Crippen LogP contribution in [0.5, 0.6) is 5.75 Å². The number of ether oxygens (including phenoxy) is 1. The van der Waals surface area contributed by atoms with Gasteiger partial charge in [0.15, 0.2) is 11.7 Å². The summed E-state index contributed by atoms with van der Waals surface area (Å²) < 4.78 is 32.4. The number of rotatable bonds is 7. The van der Waals surface area contributed by atoms with Crippen molar-refractivity contribution in [2.45, 2.75) is 31.6 Å². The standard InChI is InChI=1S/C23H25N3O4S2/c1-16-11-17(2)13-19(12-16)30-14-22(27)25-23-24-21(15-31-23)18-5-7-20(8-6-18)32(28,29)26-9-3-4-10-26/h5-8,11-13,15H,3-4,9-10,14H2,1-2H3,(H,24,25,27). The average molecular weight is 472 g/mol. The van der Waals surface area contributed by atoms with E-state index in [9.17, 15) is 13.2 Å². The Morgan fingerprint density at radius 1 is 1.09 bits per heavy atom. The van der Waals surface area contributed by atoms with Crippen LogP contribution in [0.3, 0.4) is 0 Å². The molecule has 1 aliphatic rings. The second-order valence-corrected chi connectivity index (χ2v) is 10.6. The zero-order valence-corrected chi connectivity index (χ0v) is 19.6. The number of sulfonamides is 1. The maximum absolute atomic E-state index is 12.7. The van der Waals surface area contributed by atoms with Crippen molar-refractivity contribution in [1.29, 1.82) is 0 Å². The minimum Gasteiger partial charge on any atom is -0.484 e. The summed E-state index contributed by atoms with van der Waals surface area (Å²) in [5, 5.41) is 5.03. The fourth-order valence-electron chi connectivity index (χ4n) is 3.66.